The van der Waals surface area contributed by atoms with Crippen LogP contribution in [0.3, 0.4) is 0 Å². The van der Waals surface area contributed by atoms with Crippen molar-refractivity contribution < 1.29 is 20.0 Å². The molecule has 4 nitrogen and oxygen atoms in total. The van der Waals surface area contributed by atoms with Crippen molar-refractivity contribution in [1.82, 2.24) is 0 Å². The SMILES string of the molecule is Oc1cccc(OOc2cccc(O)c2-c2ccccc2)c1-c1ccccc1. The highest BCUT2D eigenvalue weighted by Crippen LogP contribution is 2.40. The van der Waals surface area contributed by atoms with Crippen LogP contribution in [-0.2, 0) is 0 Å². The van der Waals surface area contributed by atoms with Gasteiger partial charge in [-0.25, -0.2) is 0 Å². The first-order chi connectivity index (χ1) is 13.7. The Morgan fingerprint density at radius 1 is 0.429 bits per heavy atom. The maximum absolute atomic E-state index is 10.3. The molecule has 0 amide bonds. The number of benzene rings is 4. The van der Waals surface area contributed by atoms with Gasteiger partial charge in [-0.05, 0) is 35.4 Å². The lowest BCUT2D eigenvalue weighted by Crippen LogP contribution is -2.03. The van der Waals surface area contributed by atoms with Gasteiger partial charge in [0, 0.05) is 0 Å². The third-order valence-electron chi connectivity index (χ3n) is 4.35. The van der Waals surface area contributed by atoms with Crippen LogP contribution >= 0.6 is 0 Å². The van der Waals surface area contributed by atoms with Crippen LogP contribution in [0.15, 0.2) is 97.1 Å². The van der Waals surface area contributed by atoms with Crippen LogP contribution in [0, 0.1) is 0 Å². The molecule has 0 fully saturated rings. The average molecular weight is 370 g/mol. The second-order valence-corrected chi connectivity index (χ2v) is 6.20. The third-order valence-corrected chi connectivity index (χ3v) is 4.35. The van der Waals surface area contributed by atoms with Crippen LogP contribution in [0.5, 0.6) is 23.0 Å². The van der Waals surface area contributed by atoms with Crippen LogP contribution in [0.1, 0.15) is 0 Å². The van der Waals surface area contributed by atoms with E-state index in [0.29, 0.717) is 22.6 Å². The van der Waals surface area contributed by atoms with Crippen LogP contribution < -0.4 is 9.78 Å². The van der Waals surface area contributed by atoms with E-state index in [1.807, 2.05) is 60.7 Å². The zero-order chi connectivity index (χ0) is 19.3. The molecule has 0 aliphatic rings. The predicted octanol–water partition coefficient (Wildman–Crippen LogP) is 5.80. The molecule has 0 aromatic heterocycles. The van der Waals surface area contributed by atoms with Gasteiger partial charge in [-0.15, -0.1) is 0 Å². The fourth-order valence-corrected chi connectivity index (χ4v) is 3.06. The molecular weight excluding hydrogens is 352 g/mol. The van der Waals surface area contributed by atoms with Crippen molar-refractivity contribution in [1.29, 1.82) is 0 Å². The first kappa shape index (κ1) is 17.5. The summed E-state index contributed by atoms with van der Waals surface area (Å²) in [6.07, 6.45) is 0. The summed E-state index contributed by atoms with van der Waals surface area (Å²) < 4.78 is 0. The Balaban J connectivity index is 1.69. The molecule has 4 aromatic carbocycles. The van der Waals surface area contributed by atoms with Crippen LogP contribution in [0.25, 0.3) is 22.3 Å². The van der Waals surface area contributed by atoms with E-state index in [-0.39, 0.29) is 11.5 Å². The van der Waals surface area contributed by atoms with Crippen LogP contribution in [0.2, 0.25) is 0 Å². The smallest absolute Gasteiger partial charge is 0.190 e. The highest BCUT2D eigenvalue weighted by Gasteiger charge is 2.16. The number of aromatic hydroxyl groups is 2. The van der Waals surface area contributed by atoms with Crippen molar-refractivity contribution in [2.24, 2.45) is 0 Å². The molecule has 138 valence electrons. The van der Waals surface area contributed by atoms with Gasteiger partial charge >= 0.3 is 0 Å². The molecule has 0 saturated heterocycles. The molecule has 0 atom stereocenters. The topological polar surface area (TPSA) is 58.9 Å². The van der Waals surface area contributed by atoms with E-state index >= 15 is 0 Å². The van der Waals surface area contributed by atoms with Crippen LogP contribution in [0.4, 0.5) is 0 Å². The van der Waals surface area contributed by atoms with E-state index in [1.54, 1.807) is 36.4 Å². The molecular formula is C24H18O4. The average Bonchev–Trinajstić information content (AvgIpc) is 2.73. The summed E-state index contributed by atoms with van der Waals surface area (Å²) >= 11 is 0. The lowest BCUT2D eigenvalue weighted by molar-refractivity contribution is -0.0989. The van der Waals surface area contributed by atoms with Crippen molar-refractivity contribution in [3.63, 3.8) is 0 Å². The van der Waals surface area contributed by atoms with E-state index in [0.717, 1.165) is 11.1 Å². The largest absolute Gasteiger partial charge is 0.507 e. The second kappa shape index (κ2) is 7.76. The summed E-state index contributed by atoms with van der Waals surface area (Å²) in [6.45, 7) is 0. The Morgan fingerprint density at radius 3 is 1.21 bits per heavy atom. The Bertz CT molecular complexity index is 987. The molecule has 0 spiro atoms. The first-order valence-corrected chi connectivity index (χ1v) is 8.83. The molecule has 0 saturated carbocycles. The highest BCUT2D eigenvalue weighted by atomic mass is 17.2. The monoisotopic (exact) mass is 370 g/mol. The van der Waals surface area contributed by atoms with E-state index in [4.69, 9.17) is 9.78 Å². The molecule has 0 radical (unpaired) electrons. The van der Waals surface area contributed by atoms with Gasteiger partial charge in [0.2, 0.25) is 0 Å². The normalized spacial score (nSPS) is 10.4. The van der Waals surface area contributed by atoms with Gasteiger partial charge in [-0.1, -0.05) is 72.8 Å². The molecule has 2 N–H and O–H groups in total. The maximum Gasteiger partial charge on any atom is 0.190 e. The minimum absolute atomic E-state index is 0.0893. The minimum Gasteiger partial charge on any atom is -0.507 e. The van der Waals surface area contributed by atoms with Crippen LogP contribution in [-0.4, -0.2) is 10.2 Å². The van der Waals surface area contributed by atoms with Gasteiger partial charge in [0.25, 0.3) is 0 Å². The lowest BCUT2D eigenvalue weighted by Gasteiger charge is -2.14. The third kappa shape index (κ3) is 3.48. The van der Waals surface area contributed by atoms with E-state index in [9.17, 15) is 10.2 Å². The fraction of sp³-hybridized carbons (Fsp3) is 0. The molecule has 0 aliphatic heterocycles. The summed E-state index contributed by atoms with van der Waals surface area (Å²) in [5.41, 5.74) is 2.67. The fourth-order valence-electron chi connectivity index (χ4n) is 3.06. The molecule has 0 bridgehead atoms. The Morgan fingerprint density at radius 2 is 0.821 bits per heavy atom. The summed E-state index contributed by atoms with van der Waals surface area (Å²) in [7, 11) is 0. The van der Waals surface area contributed by atoms with Gasteiger partial charge in [0.15, 0.2) is 11.5 Å². The molecule has 4 rings (SSSR count). The van der Waals surface area contributed by atoms with E-state index in [1.165, 1.54) is 0 Å². The standard InChI is InChI=1S/C24H18O4/c25-19-13-7-15-21(23(19)17-9-3-1-4-10-17)27-28-22-16-8-14-20(26)24(22)18-11-5-2-6-12-18/h1-16,25-26H. The van der Waals surface area contributed by atoms with Gasteiger partial charge in [-0.3, -0.25) is 9.78 Å². The van der Waals surface area contributed by atoms with Gasteiger partial charge in [-0.2, -0.15) is 0 Å². The van der Waals surface area contributed by atoms with Crippen molar-refractivity contribution in [3.8, 4) is 45.3 Å². The summed E-state index contributed by atoms with van der Waals surface area (Å²) in [5.74, 6) is 0.917. The minimum atomic E-state index is 0.0893. The number of hydrogen-bond acceptors (Lipinski definition) is 4. The van der Waals surface area contributed by atoms with E-state index < -0.39 is 0 Å². The summed E-state index contributed by atoms with van der Waals surface area (Å²) in [6, 6.07) is 28.8. The number of rotatable bonds is 5. The Hall–Kier alpha value is -3.92. The van der Waals surface area contributed by atoms with Gasteiger partial charge < -0.3 is 10.2 Å². The highest BCUT2D eigenvalue weighted by molar-refractivity contribution is 5.77. The zero-order valence-electron chi connectivity index (χ0n) is 14.9. The molecule has 28 heavy (non-hydrogen) atoms. The Labute approximate surface area is 162 Å². The molecule has 0 unspecified atom stereocenters. The maximum atomic E-state index is 10.3. The van der Waals surface area contributed by atoms with Crippen molar-refractivity contribution in [2.75, 3.05) is 0 Å². The number of phenolic OH excluding ortho intramolecular Hbond substituents is 2. The molecule has 4 heteroatoms. The molecule has 0 aliphatic carbocycles. The van der Waals surface area contributed by atoms with E-state index in [2.05, 4.69) is 0 Å². The quantitative estimate of drug-likeness (QED) is 0.344. The Kier molecular flexibility index (Phi) is 4.85. The first-order valence-electron chi connectivity index (χ1n) is 8.83. The molecule has 4 aromatic rings. The lowest BCUT2D eigenvalue weighted by atomic mass is 10.0. The summed E-state index contributed by atoms with van der Waals surface area (Å²) in [5, 5.41) is 20.7. The van der Waals surface area contributed by atoms with Gasteiger partial charge in [0.05, 0.1) is 11.1 Å². The number of phenols is 2. The second-order valence-electron chi connectivity index (χ2n) is 6.20. The molecule has 0 heterocycles. The van der Waals surface area contributed by atoms with Crippen molar-refractivity contribution >= 4 is 0 Å². The zero-order valence-corrected chi connectivity index (χ0v) is 14.9. The van der Waals surface area contributed by atoms with Gasteiger partial charge in [0.1, 0.15) is 11.5 Å². The number of hydrogen-bond donors (Lipinski definition) is 2. The van der Waals surface area contributed by atoms with Crippen molar-refractivity contribution in [2.45, 2.75) is 0 Å². The van der Waals surface area contributed by atoms with Crippen molar-refractivity contribution in [3.05, 3.63) is 97.1 Å². The predicted molar refractivity (Wildman–Crippen MR) is 108 cm³/mol. The summed E-state index contributed by atoms with van der Waals surface area (Å²) in [4.78, 5) is 11.2.